The number of guanidine groups is 1. The van der Waals surface area contributed by atoms with Gasteiger partial charge in [0.15, 0.2) is 6.23 Å². The Morgan fingerprint density at radius 2 is 1.97 bits per heavy atom. The molecular weight excluding hydrogens is 484 g/mol. The molecule has 208 valence electrons. The summed E-state index contributed by atoms with van der Waals surface area (Å²) in [5.41, 5.74) is 1.87. The molecule has 0 radical (unpaired) electrons. The molecule has 2 aliphatic heterocycles. The Morgan fingerprint density at radius 1 is 1.18 bits per heavy atom. The van der Waals surface area contributed by atoms with Crippen molar-refractivity contribution >= 4 is 29.4 Å². The van der Waals surface area contributed by atoms with E-state index in [0.717, 1.165) is 49.1 Å². The van der Waals surface area contributed by atoms with Gasteiger partial charge in [-0.05, 0) is 63.1 Å². The van der Waals surface area contributed by atoms with Gasteiger partial charge in [-0.3, -0.25) is 19.7 Å². The van der Waals surface area contributed by atoms with Gasteiger partial charge >= 0.3 is 5.97 Å². The summed E-state index contributed by atoms with van der Waals surface area (Å²) >= 11 is 0. The lowest BCUT2D eigenvalue weighted by Crippen LogP contribution is -2.51. The number of nitrogens with one attached hydrogen (secondary N) is 1. The highest BCUT2D eigenvalue weighted by Crippen LogP contribution is 2.33. The van der Waals surface area contributed by atoms with Gasteiger partial charge in [0.25, 0.3) is 0 Å². The lowest BCUT2D eigenvalue weighted by Gasteiger charge is -2.41. The lowest BCUT2D eigenvalue weighted by molar-refractivity contribution is -0.167. The second-order valence-electron chi connectivity index (χ2n) is 10.7. The minimum atomic E-state index is -0.561. The molecule has 1 saturated carbocycles. The topological polar surface area (TPSA) is 101 Å². The van der Waals surface area contributed by atoms with E-state index in [9.17, 15) is 14.4 Å². The third kappa shape index (κ3) is 7.05. The Balaban J connectivity index is 1.30. The number of amides is 2. The summed E-state index contributed by atoms with van der Waals surface area (Å²) in [4.78, 5) is 45.2. The number of aliphatic imine (C=N–C) groups is 1. The van der Waals surface area contributed by atoms with Crippen molar-refractivity contribution in [3.8, 4) is 5.75 Å². The lowest BCUT2D eigenvalue weighted by atomic mass is 9.81. The van der Waals surface area contributed by atoms with Crippen LogP contribution in [-0.4, -0.2) is 59.0 Å². The monoisotopic (exact) mass is 526 g/mol. The molecule has 1 N–H and O–H groups in total. The molecule has 0 bridgehead atoms. The quantitative estimate of drug-likeness (QED) is 0.242. The number of hydrogen-bond donors (Lipinski definition) is 1. The number of nitrogens with zero attached hydrogens (tertiary/aromatic N) is 3. The van der Waals surface area contributed by atoms with Crippen molar-refractivity contribution in [1.82, 2.24) is 15.1 Å². The molecule has 3 aliphatic rings. The highest BCUT2D eigenvalue weighted by Gasteiger charge is 2.35. The third-order valence-electron chi connectivity index (χ3n) is 7.73. The summed E-state index contributed by atoms with van der Waals surface area (Å²) in [7, 11) is 0. The van der Waals surface area contributed by atoms with Gasteiger partial charge in [-0.1, -0.05) is 32.6 Å². The summed E-state index contributed by atoms with van der Waals surface area (Å²) in [6.07, 6.45) is 9.13. The van der Waals surface area contributed by atoms with Gasteiger partial charge in [-0.15, -0.1) is 0 Å². The highest BCUT2D eigenvalue weighted by molar-refractivity contribution is 6.05. The van der Waals surface area contributed by atoms with Gasteiger partial charge in [-0.2, -0.15) is 0 Å². The van der Waals surface area contributed by atoms with Crippen molar-refractivity contribution in [3.63, 3.8) is 0 Å². The standard InChI is InChI=1S/C29H42N4O5/c1-4-10-26(22-11-6-5-7-12-22)33(20(2)38-21(3)34)28(36)13-8-9-16-37-24-14-15-25-23(17-24)18-32-19-27(35)31-29(32)30-25/h14-15,17,20,22,26H,4-13,16,18-19H2,1-3H3,(H,30,31,35). The second kappa shape index (κ2) is 13.1. The van der Waals surface area contributed by atoms with Gasteiger partial charge in [0.1, 0.15) is 12.3 Å². The van der Waals surface area contributed by atoms with Crippen LogP contribution >= 0.6 is 0 Å². The van der Waals surface area contributed by atoms with Crippen LogP contribution in [0.1, 0.15) is 90.5 Å². The summed E-state index contributed by atoms with van der Waals surface area (Å²) in [5.74, 6) is 1.50. The maximum absolute atomic E-state index is 13.5. The Morgan fingerprint density at radius 3 is 2.71 bits per heavy atom. The first kappa shape index (κ1) is 27.9. The third-order valence-corrected chi connectivity index (χ3v) is 7.73. The molecule has 1 aromatic carbocycles. The molecule has 38 heavy (non-hydrogen) atoms. The van der Waals surface area contributed by atoms with E-state index in [1.807, 2.05) is 34.9 Å². The van der Waals surface area contributed by atoms with Crippen LogP contribution in [-0.2, 0) is 25.7 Å². The summed E-state index contributed by atoms with van der Waals surface area (Å²) < 4.78 is 11.5. The van der Waals surface area contributed by atoms with Gasteiger partial charge < -0.3 is 19.3 Å². The number of benzene rings is 1. The SMILES string of the molecule is CCCC(C1CCCCC1)N(C(=O)CCCCOc1ccc2c(c1)CN1CC(=O)NC1=N2)C(C)OC(C)=O. The Bertz CT molecular complexity index is 1040. The molecule has 1 aromatic rings. The average molecular weight is 527 g/mol. The van der Waals surface area contributed by atoms with Gasteiger partial charge in [0.2, 0.25) is 17.8 Å². The molecule has 2 fully saturated rings. The van der Waals surface area contributed by atoms with Gasteiger partial charge in [-0.25, -0.2) is 4.99 Å². The molecule has 0 spiro atoms. The maximum atomic E-state index is 13.5. The van der Waals surface area contributed by atoms with Crippen molar-refractivity contribution in [2.24, 2.45) is 10.9 Å². The smallest absolute Gasteiger partial charge is 0.304 e. The van der Waals surface area contributed by atoms with Gasteiger partial charge in [0, 0.05) is 31.5 Å². The summed E-state index contributed by atoms with van der Waals surface area (Å²) in [5, 5.41) is 2.78. The fourth-order valence-corrected chi connectivity index (χ4v) is 6.00. The highest BCUT2D eigenvalue weighted by atomic mass is 16.6. The van der Waals surface area contributed by atoms with Crippen LogP contribution in [0.15, 0.2) is 23.2 Å². The number of unbranched alkanes of at least 4 members (excludes halogenated alkanes) is 1. The zero-order valence-electron chi connectivity index (χ0n) is 23.0. The molecule has 2 unspecified atom stereocenters. The first-order valence-electron chi connectivity index (χ1n) is 14.2. The molecule has 2 amide bonds. The minimum Gasteiger partial charge on any atom is -0.494 e. The molecule has 9 nitrogen and oxygen atoms in total. The molecule has 9 heteroatoms. The van der Waals surface area contributed by atoms with E-state index < -0.39 is 6.23 Å². The number of ether oxygens (including phenoxy) is 2. The average Bonchev–Trinajstić information content (AvgIpc) is 3.25. The maximum Gasteiger partial charge on any atom is 0.304 e. The van der Waals surface area contributed by atoms with Crippen molar-refractivity contribution in [1.29, 1.82) is 0 Å². The fraction of sp³-hybridized carbons (Fsp3) is 0.655. The first-order valence-corrected chi connectivity index (χ1v) is 14.2. The second-order valence-corrected chi connectivity index (χ2v) is 10.7. The molecule has 2 heterocycles. The Labute approximate surface area is 225 Å². The van der Waals surface area contributed by atoms with Crippen LogP contribution in [0.2, 0.25) is 0 Å². The van der Waals surface area contributed by atoms with E-state index in [-0.39, 0.29) is 23.8 Å². The zero-order chi connectivity index (χ0) is 27.1. The Hall–Kier alpha value is -3.10. The number of carbonyl (C=O) groups is 3. The largest absolute Gasteiger partial charge is 0.494 e. The fourth-order valence-electron chi connectivity index (χ4n) is 6.00. The summed E-state index contributed by atoms with van der Waals surface area (Å²) in [6, 6.07) is 5.89. The van der Waals surface area contributed by atoms with E-state index >= 15 is 0 Å². The van der Waals surface area contributed by atoms with E-state index in [0.29, 0.717) is 44.4 Å². The summed E-state index contributed by atoms with van der Waals surface area (Å²) in [6.45, 7) is 6.83. The molecule has 1 saturated heterocycles. The number of carbonyl (C=O) groups excluding carboxylic acids is 3. The molecule has 0 aromatic heterocycles. The normalized spacial score (nSPS) is 18.6. The van der Waals surface area contributed by atoms with Crippen LogP contribution < -0.4 is 10.1 Å². The molecule has 2 atom stereocenters. The number of fused-ring (bicyclic) bond motifs is 2. The number of hydrogen-bond acceptors (Lipinski definition) is 7. The van der Waals surface area contributed by atoms with E-state index in [1.165, 1.54) is 26.2 Å². The molecule has 4 rings (SSSR count). The molecular formula is C29H42N4O5. The Kier molecular flexibility index (Phi) is 9.63. The van der Waals surface area contributed by atoms with Crippen molar-refractivity contribution in [2.75, 3.05) is 13.2 Å². The van der Waals surface area contributed by atoms with Crippen molar-refractivity contribution in [3.05, 3.63) is 23.8 Å². The predicted molar refractivity (Wildman–Crippen MR) is 145 cm³/mol. The number of rotatable bonds is 12. The zero-order valence-corrected chi connectivity index (χ0v) is 23.0. The molecule has 1 aliphatic carbocycles. The van der Waals surface area contributed by atoms with Crippen LogP contribution in [0, 0.1) is 5.92 Å². The van der Waals surface area contributed by atoms with Crippen LogP contribution in [0.5, 0.6) is 5.75 Å². The number of esters is 1. The van der Waals surface area contributed by atoms with Gasteiger partial charge in [0.05, 0.1) is 12.3 Å². The van der Waals surface area contributed by atoms with Crippen molar-refractivity contribution < 1.29 is 23.9 Å². The van der Waals surface area contributed by atoms with Crippen LogP contribution in [0.3, 0.4) is 0 Å². The van der Waals surface area contributed by atoms with E-state index in [2.05, 4.69) is 17.2 Å². The van der Waals surface area contributed by atoms with E-state index in [4.69, 9.17) is 9.47 Å². The van der Waals surface area contributed by atoms with Crippen molar-refractivity contribution in [2.45, 2.75) is 104 Å². The van der Waals surface area contributed by atoms with Crippen LogP contribution in [0.4, 0.5) is 5.69 Å². The first-order chi connectivity index (χ1) is 18.4. The van der Waals surface area contributed by atoms with E-state index in [1.54, 1.807) is 0 Å². The minimum absolute atomic E-state index is 0.0388. The predicted octanol–water partition coefficient (Wildman–Crippen LogP) is 4.66. The van der Waals surface area contributed by atoms with Crippen LogP contribution in [0.25, 0.3) is 0 Å².